The van der Waals surface area contributed by atoms with Gasteiger partial charge in [0.1, 0.15) is 0 Å². The van der Waals surface area contributed by atoms with Gasteiger partial charge in [-0.05, 0) is 255 Å². The number of rotatable bonds is 4. The first kappa shape index (κ1) is 47.3. The van der Waals surface area contributed by atoms with Gasteiger partial charge >= 0.3 is 0 Å². The van der Waals surface area contributed by atoms with E-state index in [4.69, 9.17) is 0 Å². The Balaban J connectivity index is 1.01. The van der Waals surface area contributed by atoms with Crippen molar-refractivity contribution in [3.63, 3.8) is 0 Å². The average molecular weight is 1050 g/mol. The number of aromatic nitrogens is 2. The molecule has 0 amide bonds. The monoisotopic (exact) mass is 1050 g/mol. The molecule has 0 bridgehead atoms. The maximum atomic E-state index is 2.57. The summed E-state index contributed by atoms with van der Waals surface area (Å²) in [5.41, 5.74) is 25.4. The summed E-state index contributed by atoms with van der Waals surface area (Å²) in [5.74, 6) is 0. The minimum Gasteiger partial charge on any atom is -0.314 e. The first-order valence-corrected chi connectivity index (χ1v) is 29.2. The van der Waals surface area contributed by atoms with Gasteiger partial charge in [-0.15, -0.1) is 0 Å². The molecule has 2 aromatic heterocycles. The topological polar surface area (TPSA) is 9.86 Å². The lowest BCUT2D eigenvalue weighted by Gasteiger charge is -2.24. The van der Waals surface area contributed by atoms with Gasteiger partial charge in [-0.1, -0.05) is 161 Å². The van der Waals surface area contributed by atoms with E-state index in [-0.39, 0.29) is 10.8 Å². The van der Waals surface area contributed by atoms with E-state index in [9.17, 15) is 0 Å². The number of hydrogen-bond donors (Lipinski definition) is 0. The van der Waals surface area contributed by atoms with E-state index in [1.807, 2.05) is 0 Å². The van der Waals surface area contributed by atoms with E-state index < -0.39 is 0 Å². The van der Waals surface area contributed by atoms with Gasteiger partial charge in [0.05, 0.1) is 11.0 Å². The van der Waals surface area contributed by atoms with Gasteiger partial charge in [0.25, 0.3) is 0 Å². The van der Waals surface area contributed by atoms with Gasteiger partial charge in [-0.25, -0.2) is 0 Å². The van der Waals surface area contributed by atoms with Gasteiger partial charge < -0.3 is 9.13 Å². The summed E-state index contributed by atoms with van der Waals surface area (Å²) in [6.45, 7) is 18.9. The van der Waals surface area contributed by atoms with Crippen molar-refractivity contribution in [2.75, 3.05) is 0 Å². The molecule has 2 aliphatic rings. The van der Waals surface area contributed by atoms with Crippen LogP contribution in [0.3, 0.4) is 0 Å². The predicted octanol–water partition coefficient (Wildman–Crippen LogP) is 21.7. The van der Waals surface area contributed by atoms with Crippen LogP contribution in [0.25, 0.3) is 142 Å². The smallest absolute Gasteiger partial charge is 0.0540 e. The number of nitrogens with zero attached hydrogens (tertiary/aromatic N) is 2. The standard InChI is InChI=1S/C80H60N2/c1-45-47(3)81(59-29-25-53-33-49-17-9-11-19-51(49)35-57(53)37-59)75-43-69-67(41-65(45)75)77(55-27-31-63-61-21-13-15-23-71(61)79(5,6)73(63)39-55)70-44-76-66(42-68(70)78(69)56-28-32-64-62-22-14-16-24-72(62)80(7,8)74(64)40-56)46(2)48(4)82(76)60-30-26-54-34-50-18-10-12-20-52(50)36-58(54)38-60/h9-44H,1-8H3. The second-order valence-electron chi connectivity index (χ2n) is 25.0. The molecule has 2 aliphatic carbocycles. The number of benzene rings is 13. The van der Waals surface area contributed by atoms with E-state index >= 15 is 0 Å². The summed E-state index contributed by atoms with van der Waals surface area (Å²) >= 11 is 0. The minimum atomic E-state index is -0.176. The molecule has 0 unspecified atom stereocenters. The van der Waals surface area contributed by atoms with E-state index in [1.165, 1.54) is 187 Å². The van der Waals surface area contributed by atoms with Crippen molar-refractivity contribution in [2.24, 2.45) is 0 Å². The molecule has 15 aromatic rings. The van der Waals surface area contributed by atoms with Crippen molar-refractivity contribution in [3.05, 3.63) is 263 Å². The SMILES string of the molecule is Cc1c(C)n(-c2ccc3cc4ccccc4cc3c2)c2cc3c(-c4ccc5c(c4)C(C)(C)c4ccccc4-5)c4cc5c(C)c(C)n(-c6ccc7cc8ccccc8cc7c6)c5cc4c(-c4ccc5c(c4)C(C)(C)c4ccccc4-5)c3cc12. The third-order valence-corrected chi connectivity index (χ3v) is 20.0. The summed E-state index contributed by atoms with van der Waals surface area (Å²) in [6.07, 6.45) is 0. The van der Waals surface area contributed by atoms with Crippen molar-refractivity contribution in [1.29, 1.82) is 0 Å². The fourth-order valence-corrected chi connectivity index (χ4v) is 15.5. The Labute approximate surface area is 478 Å². The molecule has 0 saturated carbocycles. The van der Waals surface area contributed by atoms with Gasteiger partial charge in [0.15, 0.2) is 0 Å². The highest BCUT2D eigenvalue weighted by Crippen LogP contribution is 2.55. The number of aryl methyl sites for hydroxylation is 2. The van der Waals surface area contributed by atoms with Gasteiger partial charge in [0.2, 0.25) is 0 Å². The summed E-state index contributed by atoms with van der Waals surface area (Å²) in [6, 6.07) is 84.1. The Morgan fingerprint density at radius 1 is 0.268 bits per heavy atom. The highest BCUT2D eigenvalue weighted by Gasteiger charge is 2.37. The molecule has 2 nitrogen and oxygen atoms in total. The van der Waals surface area contributed by atoms with Gasteiger partial charge in [0, 0.05) is 44.4 Å². The zero-order valence-corrected chi connectivity index (χ0v) is 47.7. The molecule has 17 rings (SSSR count). The fraction of sp³-hybridized carbons (Fsp3) is 0.125. The largest absolute Gasteiger partial charge is 0.314 e. The zero-order chi connectivity index (χ0) is 55.2. The quantitative estimate of drug-likeness (QED) is 0.156. The molecule has 0 atom stereocenters. The van der Waals surface area contributed by atoms with Crippen LogP contribution >= 0.6 is 0 Å². The summed E-state index contributed by atoms with van der Waals surface area (Å²) in [5, 5.41) is 17.6. The Morgan fingerprint density at radius 2 is 0.610 bits per heavy atom. The maximum Gasteiger partial charge on any atom is 0.0540 e. The lowest BCUT2D eigenvalue weighted by molar-refractivity contribution is 0.660. The third kappa shape index (κ3) is 6.41. The van der Waals surface area contributed by atoms with Crippen LogP contribution < -0.4 is 0 Å². The van der Waals surface area contributed by atoms with E-state index in [1.54, 1.807) is 0 Å². The van der Waals surface area contributed by atoms with Gasteiger partial charge in [-0.2, -0.15) is 0 Å². The molecule has 0 N–H and O–H groups in total. The van der Waals surface area contributed by atoms with Crippen LogP contribution in [0.1, 0.15) is 72.5 Å². The second-order valence-corrected chi connectivity index (χ2v) is 25.0. The highest BCUT2D eigenvalue weighted by molar-refractivity contribution is 6.26. The van der Waals surface area contributed by atoms with Crippen molar-refractivity contribution in [2.45, 2.75) is 66.2 Å². The normalized spacial score (nSPS) is 14.0. The molecule has 0 saturated heterocycles. The predicted molar refractivity (Wildman–Crippen MR) is 350 cm³/mol. The first-order valence-electron chi connectivity index (χ1n) is 29.2. The Hall–Kier alpha value is -9.50. The van der Waals surface area contributed by atoms with Crippen molar-refractivity contribution < 1.29 is 0 Å². The molecule has 13 aromatic carbocycles. The molecule has 2 heteroatoms. The summed E-state index contributed by atoms with van der Waals surface area (Å²) in [4.78, 5) is 0. The average Bonchev–Trinajstić information content (AvgIpc) is 2.26. The summed E-state index contributed by atoms with van der Waals surface area (Å²) in [7, 11) is 0. The van der Waals surface area contributed by atoms with Crippen molar-refractivity contribution in [3.8, 4) is 55.9 Å². The highest BCUT2D eigenvalue weighted by atomic mass is 15.0. The fourth-order valence-electron chi connectivity index (χ4n) is 15.5. The third-order valence-electron chi connectivity index (χ3n) is 20.0. The molecule has 82 heavy (non-hydrogen) atoms. The van der Waals surface area contributed by atoms with Crippen LogP contribution in [0.15, 0.2) is 218 Å². The van der Waals surface area contributed by atoms with Crippen LogP contribution in [0.5, 0.6) is 0 Å². The number of hydrogen-bond acceptors (Lipinski definition) is 0. The van der Waals surface area contributed by atoms with Gasteiger partial charge in [-0.3, -0.25) is 0 Å². The maximum absolute atomic E-state index is 2.57. The molecule has 390 valence electrons. The Kier molecular flexibility index (Phi) is 9.56. The molecule has 0 radical (unpaired) electrons. The van der Waals surface area contributed by atoms with Crippen molar-refractivity contribution >= 4 is 86.4 Å². The van der Waals surface area contributed by atoms with E-state index in [0.29, 0.717) is 0 Å². The lowest BCUT2D eigenvalue weighted by atomic mass is 9.79. The zero-order valence-electron chi connectivity index (χ0n) is 47.7. The Morgan fingerprint density at radius 3 is 1.02 bits per heavy atom. The molecule has 0 fully saturated rings. The van der Waals surface area contributed by atoms with E-state index in [0.717, 1.165) is 0 Å². The van der Waals surface area contributed by atoms with Crippen molar-refractivity contribution in [1.82, 2.24) is 9.13 Å². The Bertz CT molecular complexity index is 5040. The van der Waals surface area contributed by atoms with E-state index in [2.05, 4.69) is 283 Å². The van der Waals surface area contributed by atoms with Crippen LogP contribution in [0.2, 0.25) is 0 Å². The molecule has 0 aliphatic heterocycles. The molecular weight excluding hydrogens is 989 g/mol. The van der Waals surface area contributed by atoms with Crippen LogP contribution in [0.4, 0.5) is 0 Å². The molecule has 0 spiro atoms. The summed E-state index contributed by atoms with van der Waals surface area (Å²) < 4.78 is 5.07. The lowest BCUT2D eigenvalue weighted by Crippen LogP contribution is -2.15. The first-order chi connectivity index (χ1) is 39.8. The number of fused-ring (bicyclic) bond motifs is 14. The van der Waals surface area contributed by atoms with Crippen LogP contribution in [-0.2, 0) is 10.8 Å². The molecule has 2 heterocycles. The second kappa shape index (κ2) is 16.6. The van der Waals surface area contributed by atoms with Crippen LogP contribution in [-0.4, -0.2) is 9.13 Å². The minimum absolute atomic E-state index is 0.176. The van der Waals surface area contributed by atoms with Crippen LogP contribution in [0, 0.1) is 27.7 Å². The molecular formula is C80H60N2.